The first-order valence-corrected chi connectivity index (χ1v) is 8.52. The lowest BCUT2D eigenvalue weighted by Gasteiger charge is -2.21. The molecule has 1 aromatic heterocycles. The minimum Gasteiger partial charge on any atom is -0.411 e. The summed E-state index contributed by atoms with van der Waals surface area (Å²) in [4.78, 5) is 0. The van der Waals surface area contributed by atoms with Crippen LogP contribution < -0.4 is 0 Å². The van der Waals surface area contributed by atoms with Crippen LogP contribution in [0.3, 0.4) is 0 Å². The molecule has 0 radical (unpaired) electrons. The van der Waals surface area contributed by atoms with E-state index in [0.29, 0.717) is 17.9 Å². The van der Waals surface area contributed by atoms with Gasteiger partial charge in [0, 0.05) is 11.3 Å². The predicted octanol–water partition coefficient (Wildman–Crippen LogP) is 3.74. The van der Waals surface area contributed by atoms with Gasteiger partial charge in [-0.2, -0.15) is 0 Å². The van der Waals surface area contributed by atoms with E-state index in [9.17, 15) is 0 Å². The third-order valence-electron chi connectivity index (χ3n) is 3.79. The Labute approximate surface area is 138 Å². The summed E-state index contributed by atoms with van der Waals surface area (Å²) in [5.74, 6) is 1.35. The standard InChI is InChI=1S/C17H16N2O3S/c1-2-6-14-12(4-1)5-3-7-15(14)16-18-19-17(22-16)23-10-13-8-9-20-11-21-13/h1-7,13H,8-11H2/t13-/m0/s1. The largest absolute Gasteiger partial charge is 0.411 e. The summed E-state index contributed by atoms with van der Waals surface area (Å²) in [7, 11) is 0. The van der Waals surface area contributed by atoms with Gasteiger partial charge in [0.25, 0.3) is 5.22 Å². The first-order valence-electron chi connectivity index (χ1n) is 7.54. The van der Waals surface area contributed by atoms with Crippen LogP contribution in [0, 0.1) is 0 Å². The van der Waals surface area contributed by atoms with Crippen molar-refractivity contribution in [2.45, 2.75) is 17.7 Å². The van der Waals surface area contributed by atoms with E-state index in [1.807, 2.05) is 24.3 Å². The second-order valence-corrected chi connectivity index (χ2v) is 6.29. The molecule has 1 fully saturated rings. The van der Waals surface area contributed by atoms with E-state index in [1.165, 1.54) is 11.8 Å². The topological polar surface area (TPSA) is 57.4 Å². The van der Waals surface area contributed by atoms with Gasteiger partial charge >= 0.3 is 0 Å². The molecule has 0 N–H and O–H groups in total. The fraction of sp³-hybridized carbons (Fsp3) is 0.294. The summed E-state index contributed by atoms with van der Waals surface area (Å²) in [6.45, 7) is 1.12. The van der Waals surface area contributed by atoms with Gasteiger partial charge in [-0.15, -0.1) is 10.2 Å². The Bertz CT molecular complexity index is 794. The van der Waals surface area contributed by atoms with Gasteiger partial charge in [0.15, 0.2) is 0 Å². The van der Waals surface area contributed by atoms with E-state index in [1.54, 1.807) is 0 Å². The van der Waals surface area contributed by atoms with Crippen LogP contribution >= 0.6 is 11.8 Å². The van der Waals surface area contributed by atoms with Gasteiger partial charge in [-0.1, -0.05) is 48.2 Å². The number of aromatic nitrogens is 2. The zero-order valence-electron chi connectivity index (χ0n) is 12.5. The van der Waals surface area contributed by atoms with Crippen LogP contribution in [0.5, 0.6) is 0 Å². The van der Waals surface area contributed by atoms with Crippen LogP contribution in [0.25, 0.3) is 22.2 Å². The maximum atomic E-state index is 5.82. The molecule has 118 valence electrons. The second kappa shape index (κ2) is 6.70. The molecule has 1 aliphatic rings. The summed E-state index contributed by atoms with van der Waals surface area (Å²) >= 11 is 1.53. The monoisotopic (exact) mass is 328 g/mol. The van der Waals surface area contributed by atoms with Crippen molar-refractivity contribution in [1.82, 2.24) is 10.2 Å². The number of nitrogens with zero attached hydrogens (tertiary/aromatic N) is 2. The highest BCUT2D eigenvalue weighted by Gasteiger charge is 2.17. The highest BCUT2D eigenvalue weighted by atomic mass is 32.2. The first-order chi connectivity index (χ1) is 11.4. The van der Waals surface area contributed by atoms with E-state index in [4.69, 9.17) is 13.9 Å². The Hall–Kier alpha value is -1.89. The van der Waals surface area contributed by atoms with Crippen molar-refractivity contribution in [2.24, 2.45) is 0 Å². The van der Waals surface area contributed by atoms with Gasteiger partial charge in [-0.25, -0.2) is 0 Å². The molecule has 6 heteroatoms. The van der Waals surface area contributed by atoms with Crippen molar-refractivity contribution in [1.29, 1.82) is 0 Å². The molecule has 23 heavy (non-hydrogen) atoms. The Morgan fingerprint density at radius 2 is 2.00 bits per heavy atom. The lowest BCUT2D eigenvalue weighted by molar-refractivity contribution is -0.130. The van der Waals surface area contributed by atoms with Crippen molar-refractivity contribution in [3.63, 3.8) is 0 Å². The average Bonchev–Trinajstić information content (AvgIpc) is 3.09. The number of benzene rings is 2. The minimum absolute atomic E-state index is 0.182. The zero-order chi connectivity index (χ0) is 15.5. The van der Waals surface area contributed by atoms with Gasteiger partial charge in [0.2, 0.25) is 5.89 Å². The number of rotatable bonds is 4. The van der Waals surface area contributed by atoms with E-state index >= 15 is 0 Å². The normalized spacial score (nSPS) is 18.3. The van der Waals surface area contributed by atoms with E-state index in [-0.39, 0.29) is 6.10 Å². The Morgan fingerprint density at radius 1 is 1.09 bits per heavy atom. The molecular weight excluding hydrogens is 312 g/mol. The van der Waals surface area contributed by atoms with Crippen LogP contribution in [0.15, 0.2) is 52.1 Å². The third-order valence-corrected chi connectivity index (χ3v) is 4.74. The van der Waals surface area contributed by atoms with Crippen LogP contribution in [-0.2, 0) is 9.47 Å². The van der Waals surface area contributed by atoms with Gasteiger partial charge < -0.3 is 13.9 Å². The first kappa shape index (κ1) is 14.7. The number of ether oxygens (including phenoxy) is 2. The zero-order valence-corrected chi connectivity index (χ0v) is 13.3. The van der Waals surface area contributed by atoms with Crippen molar-refractivity contribution in [2.75, 3.05) is 19.2 Å². The SMILES string of the molecule is c1ccc2c(-c3nnc(SC[C@@H]4CCOCO4)o3)cccc2c1. The van der Waals surface area contributed by atoms with E-state index < -0.39 is 0 Å². The van der Waals surface area contributed by atoms with Crippen molar-refractivity contribution < 1.29 is 13.9 Å². The number of hydrogen-bond donors (Lipinski definition) is 0. The molecule has 5 nitrogen and oxygen atoms in total. The number of thioether (sulfide) groups is 1. The average molecular weight is 328 g/mol. The number of fused-ring (bicyclic) bond motifs is 1. The summed E-state index contributed by atoms with van der Waals surface area (Å²) in [5.41, 5.74) is 0.963. The summed E-state index contributed by atoms with van der Waals surface area (Å²) in [6, 6.07) is 14.3. The van der Waals surface area contributed by atoms with Crippen LogP contribution in [0.1, 0.15) is 6.42 Å². The van der Waals surface area contributed by atoms with Gasteiger partial charge in [0.05, 0.1) is 12.7 Å². The van der Waals surface area contributed by atoms with Crippen LogP contribution in [-0.4, -0.2) is 35.5 Å². The van der Waals surface area contributed by atoms with Crippen LogP contribution in [0.2, 0.25) is 0 Å². The maximum Gasteiger partial charge on any atom is 0.276 e. The summed E-state index contributed by atoms with van der Waals surface area (Å²) < 4.78 is 16.5. The summed E-state index contributed by atoms with van der Waals surface area (Å²) in [5, 5.41) is 11.2. The molecule has 4 rings (SSSR count). The summed E-state index contributed by atoms with van der Waals surface area (Å²) in [6.07, 6.45) is 1.08. The minimum atomic E-state index is 0.182. The highest BCUT2D eigenvalue weighted by Crippen LogP contribution is 2.30. The lowest BCUT2D eigenvalue weighted by atomic mass is 10.0. The molecule has 1 aliphatic heterocycles. The quantitative estimate of drug-likeness (QED) is 0.680. The molecule has 0 bridgehead atoms. The smallest absolute Gasteiger partial charge is 0.276 e. The van der Waals surface area contributed by atoms with Crippen molar-refractivity contribution in [3.05, 3.63) is 42.5 Å². The third kappa shape index (κ3) is 3.24. The van der Waals surface area contributed by atoms with Crippen molar-refractivity contribution in [3.8, 4) is 11.5 Å². The molecular formula is C17H16N2O3S. The molecule has 2 heterocycles. The van der Waals surface area contributed by atoms with Crippen LogP contribution in [0.4, 0.5) is 0 Å². The fourth-order valence-corrected chi connectivity index (χ4v) is 3.41. The molecule has 0 unspecified atom stereocenters. The highest BCUT2D eigenvalue weighted by molar-refractivity contribution is 7.99. The van der Waals surface area contributed by atoms with Gasteiger partial charge in [-0.05, 0) is 23.3 Å². The lowest BCUT2D eigenvalue weighted by Crippen LogP contribution is -2.25. The Morgan fingerprint density at radius 3 is 2.91 bits per heavy atom. The number of hydrogen-bond acceptors (Lipinski definition) is 6. The molecule has 1 atom stereocenters. The molecule has 0 saturated carbocycles. The molecule has 3 aromatic rings. The van der Waals surface area contributed by atoms with E-state index in [0.717, 1.165) is 35.1 Å². The molecule has 2 aromatic carbocycles. The molecule has 1 saturated heterocycles. The molecule has 0 spiro atoms. The maximum absolute atomic E-state index is 5.82. The fourth-order valence-electron chi connectivity index (χ4n) is 2.59. The Balaban J connectivity index is 1.52. The molecule has 0 amide bonds. The van der Waals surface area contributed by atoms with Crippen molar-refractivity contribution >= 4 is 22.5 Å². The molecule has 0 aliphatic carbocycles. The van der Waals surface area contributed by atoms with Gasteiger partial charge in [0.1, 0.15) is 6.79 Å². The van der Waals surface area contributed by atoms with Gasteiger partial charge in [-0.3, -0.25) is 0 Å². The Kier molecular flexibility index (Phi) is 4.28. The van der Waals surface area contributed by atoms with E-state index in [2.05, 4.69) is 28.4 Å². The second-order valence-electron chi connectivity index (χ2n) is 5.31. The predicted molar refractivity (Wildman–Crippen MR) is 88.3 cm³/mol.